The van der Waals surface area contributed by atoms with E-state index in [4.69, 9.17) is 5.84 Å². The summed E-state index contributed by atoms with van der Waals surface area (Å²) in [7, 11) is 1.89. The highest BCUT2D eigenvalue weighted by atomic mass is 15.3. The van der Waals surface area contributed by atoms with E-state index < -0.39 is 0 Å². The van der Waals surface area contributed by atoms with Crippen molar-refractivity contribution in [3.63, 3.8) is 0 Å². The fourth-order valence-electron chi connectivity index (χ4n) is 1.40. The van der Waals surface area contributed by atoms with Crippen molar-refractivity contribution in [1.29, 1.82) is 0 Å². The van der Waals surface area contributed by atoms with Gasteiger partial charge < -0.3 is 5.43 Å². The molecule has 3 N–H and O–H groups in total. The van der Waals surface area contributed by atoms with Gasteiger partial charge >= 0.3 is 0 Å². The summed E-state index contributed by atoms with van der Waals surface area (Å²) in [6.45, 7) is 1.95. The Labute approximate surface area is 83.0 Å². The van der Waals surface area contributed by atoms with Gasteiger partial charge in [0.1, 0.15) is 5.84 Å². The van der Waals surface area contributed by atoms with E-state index in [2.05, 4.69) is 15.5 Å². The van der Waals surface area contributed by atoms with Crippen LogP contribution in [0.5, 0.6) is 0 Å². The minimum atomic E-state index is 0.459. The van der Waals surface area contributed by atoms with Crippen molar-refractivity contribution in [2.24, 2.45) is 17.9 Å². The van der Waals surface area contributed by atoms with E-state index in [1.54, 1.807) is 4.68 Å². The van der Waals surface area contributed by atoms with Gasteiger partial charge in [-0.2, -0.15) is 5.10 Å². The van der Waals surface area contributed by atoms with Crippen LogP contribution in [-0.4, -0.2) is 21.7 Å². The summed E-state index contributed by atoms with van der Waals surface area (Å²) in [6.07, 6.45) is 4.27. The first kappa shape index (κ1) is 9.21. The molecule has 1 saturated carbocycles. The van der Waals surface area contributed by atoms with E-state index >= 15 is 0 Å². The van der Waals surface area contributed by atoms with Crippen LogP contribution in [0.25, 0.3) is 0 Å². The quantitative estimate of drug-likeness (QED) is 0.303. The van der Waals surface area contributed by atoms with Crippen LogP contribution < -0.4 is 11.3 Å². The second kappa shape index (κ2) is 3.42. The Balaban J connectivity index is 2.30. The lowest BCUT2D eigenvalue weighted by Gasteiger charge is -2.02. The number of rotatable bonds is 2. The van der Waals surface area contributed by atoms with E-state index in [9.17, 15) is 0 Å². The SMILES string of the molecule is Cc1nn(C)cc1C(=NC1CC1)NN. The first-order chi connectivity index (χ1) is 6.70. The molecule has 0 aromatic carbocycles. The van der Waals surface area contributed by atoms with Crippen molar-refractivity contribution in [1.82, 2.24) is 15.2 Å². The molecule has 0 radical (unpaired) electrons. The lowest BCUT2D eigenvalue weighted by molar-refractivity contribution is 0.756. The normalized spacial score (nSPS) is 17.2. The second-order valence-electron chi connectivity index (χ2n) is 3.66. The number of aromatic nitrogens is 2. The molecular weight excluding hydrogens is 178 g/mol. The number of hydrogen-bond donors (Lipinski definition) is 2. The maximum atomic E-state index is 5.44. The molecule has 0 atom stereocenters. The van der Waals surface area contributed by atoms with Gasteiger partial charge in [-0.05, 0) is 19.8 Å². The summed E-state index contributed by atoms with van der Waals surface area (Å²) in [4.78, 5) is 4.48. The molecule has 1 aliphatic carbocycles. The number of nitrogens with zero attached hydrogens (tertiary/aromatic N) is 3. The molecule has 0 bridgehead atoms. The molecule has 0 saturated heterocycles. The molecule has 2 rings (SSSR count). The Kier molecular flexibility index (Phi) is 2.25. The third kappa shape index (κ3) is 1.77. The molecule has 1 fully saturated rings. The number of aryl methyl sites for hydroxylation is 2. The molecule has 0 aliphatic heterocycles. The first-order valence-corrected chi connectivity index (χ1v) is 4.75. The molecule has 1 aliphatic rings. The summed E-state index contributed by atoms with van der Waals surface area (Å²) in [5, 5.41) is 4.25. The van der Waals surface area contributed by atoms with Crippen LogP contribution in [0.3, 0.4) is 0 Å². The van der Waals surface area contributed by atoms with E-state index in [1.807, 2.05) is 20.2 Å². The Morgan fingerprint density at radius 2 is 2.43 bits per heavy atom. The fourth-order valence-corrected chi connectivity index (χ4v) is 1.40. The van der Waals surface area contributed by atoms with Crippen molar-refractivity contribution < 1.29 is 0 Å². The third-order valence-electron chi connectivity index (χ3n) is 2.26. The van der Waals surface area contributed by atoms with Crippen LogP contribution in [0, 0.1) is 6.92 Å². The van der Waals surface area contributed by atoms with Crippen molar-refractivity contribution >= 4 is 5.84 Å². The molecule has 0 unspecified atom stereocenters. The van der Waals surface area contributed by atoms with Gasteiger partial charge in [0.05, 0.1) is 17.3 Å². The first-order valence-electron chi connectivity index (χ1n) is 4.75. The highest BCUT2D eigenvalue weighted by molar-refractivity contribution is 5.99. The topological polar surface area (TPSA) is 68.2 Å². The molecule has 5 nitrogen and oxygen atoms in total. The Morgan fingerprint density at radius 3 is 2.86 bits per heavy atom. The van der Waals surface area contributed by atoms with Crippen LogP contribution in [0.1, 0.15) is 24.1 Å². The zero-order valence-corrected chi connectivity index (χ0v) is 8.49. The van der Waals surface area contributed by atoms with Gasteiger partial charge in [0.15, 0.2) is 0 Å². The van der Waals surface area contributed by atoms with Crippen molar-refractivity contribution in [2.45, 2.75) is 25.8 Å². The number of hydrazine groups is 1. The standard InChI is InChI=1S/C9H15N5/c1-6-8(5-14(2)13-6)9(12-10)11-7-3-4-7/h5,7H,3-4,10H2,1-2H3,(H,11,12). The van der Waals surface area contributed by atoms with Crippen molar-refractivity contribution in [3.05, 3.63) is 17.5 Å². The summed E-state index contributed by atoms with van der Waals surface area (Å²) in [6, 6.07) is 0.459. The number of nitrogens with one attached hydrogen (secondary N) is 1. The predicted octanol–water partition coefficient (Wildman–Crippen LogP) is 0.101. The Morgan fingerprint density at radius 1 is 1.71 bits per heavy atom. The van der Waals surface area contributed by atoms with Gasteiger partial charge in [-0.15, -0.1) is 0 Å². The number of aliphatic imine (C=N–C) groups is 1. The van der Waals surface area contributed by atoms with Gasteiger partial charge in [0.25, 0.3) is 0 Å². The van der Waals surface area contributed by atoms with E-state index in [0.29, 0.717) is 6.04 Å². The molecule has 0 amide bonds. The monoisotopic (exact) mass is 193 g/mol. The summed E-state index contributed by atoms with van der Waals surface area (Å²) >= 11 is 0. The molecule has 1 aromatic heterocycles. The summed E-state index contributed by atoms with van der Waals surface area (Å²) in [5.74, 6) is 6.19. The molecule has 14 heavy (non-hydrogen) atoms. The van der Waals surface area contributed by atoms with Crippen LogP contribution in [0.15, 0.2) is 11.2 Å². The van der Waals surface area contributed by atoms with Crippen LogP contribution in [-0.2, 0) is 7.05 Å². The highest BCUT2D eigenvalue weighted by Crippen LogP contribution is 2.24. The third-order valence-corrected chi connectivity index (χ3v) is 2.26. The number of hydrogen-bond acceptors (Lipinski definition) is 3. The van der Waals surface area contributed by atoms with E-state index in [0.717, 1.165) is 17.1 Å². The second-order valence-corrected chi connectivity index (χ2v) is 3.66. The Hall–Kier alpha value is -1.36. The summed E-state index contributed by atoms with van der Waals surface area (Å²) < 4.78 is 1.77. The predicted molar refractivity (Wildman–Crippen MR) is 54.8 cm³/mol. The lowest BCUT2D eigenvalue weighted by Crippen LogP contribution is -2.31. The van der Waals surface area contributed by atoms with Crippen LogP contribution in [0.2, 0.25) is 0 Å². The van der Waals surface area contributed by atoms with Gasteiger partial charge in [-0.1, -0.05) is 0 Å². The lowest BCUT2D eigenvalue weighted by atomic mass is 10.2. The average Bonchev–Trinajstić information content (AvgIpc) is 2.89. The minimum Gasteiger partial charge on any atom is -0.308 e. The average molecular weight is 193 g/mol. The molecule has 5 heteroatoms. The highest BCUT2D eigenvalue weighted by Gasteiger charge is 2.22. The van der Waals surface area contributed by atoms with E-state index in [-0.39, 0.29) is 0 Å². The van der Waals surface area contributed by atoms with Crippen LogP contribution >= 0.6 is 0 Å². The molecule has 1 aromatic rings. The number of nitrogens with two attached hydrogens (primary N) is 1. The fraction of sp³-hybridized carbons (Fsp3) is 0.556. The van der Waals surface area contributed by atoms with E-state index in [1.165, 1.54) is 12.8 Å². The number of amidine groups is 1. The van der Waals surface area contributed by atoms with Gasteiger partial charge in [-0.3, -0.25) is 9.67 Å². The zero-order valence-electron chi connectivity index (χ0n) is 8.49. The largest absolute Gasteiger partial charge is 0.308 e. The smallest absolute Gasteiger partial charge is 0.146 e. The minimum absolute atomic E-state index is 0.459. The van der Waals surface area contributed by atoms with Gasteiger partial charge in [-0.25, -0.2) is 5.84 Å². The van der Waals surface area contributed by atoms with Crippen molar-refractivity contribution in [3.8, 4) is 0 Å². The zero-order chi connectivity index (χ0) is 10.1. The van der Waals surface area contributed by atoms with Gasteiger partial charge in [0.2, 0.25) is 0 Å². The molecule has 76 valence electrons. The van der Waals surface area contributed by atoms with Crippen LogP contribution in [0.4, 0.5) is 0 Å². The maximum Gasteiger partial charge on any atom is 0.146 e. The van der Waals surface area contributed by atoms with Crippen molar-refractivity contribution in [2.75, 3.05) is 0 Å². The maximum absolute atomic E-state index is 5.44. The molecule has 1 heterocycles. The molecule has 0 spiro atoms. The summed E-state index contributed by atoms with van der Waals surface area (Å²) in [5.41, 5.74) is 4.58. The Bertz CT molecular complexity index is 361. The molecular formula is C9H15N5. The van der Waals surface area contributed by atoms with Gasteiger partial charge in [0, 0.05) is 13.2 Å².